The van der Waals surface area contributed by atoms with Gasteiger partial charge in [-0.25, -0.2) is 0 Å². The molecule has 0 atom stereocenters. The van der Waals surface area contributed by atoms with Gasteiger partial charge < -0.3 is 14.8 Å². The van der Waals surface area contributed by atoms with Crippen molar-refractivity contribution in [2.24, 2.45) is 0 Å². The molecule has 0 saturated heterocycles. The summed E-state index contributed by atoms with van der Waals surface area (Å²) in [5.74, 6) is 0.803. The van der Waals surface area contributed by atoms with E-state index in [0.717, 1.165) is 24.9 Å². The van der Waals surface area contributed by atoms with Crippen LogP contribution in [-0.4, -0.2) is 24.7 Å². The van der Waals surface area contributed by atoms with Crippen molar-refractivity contribution in [1.82, 2.24) is 10.9 Å². The SMILES string of the molecule is CCCCOc1ccc(C(=O)NNC(=S)Nc2ccc(CC)cc2)cc1OC. The number of aryl methyl sites for hydroxylation is 1. The van der Waals surface area contributed by atoms with Gasteiger partial charge in [0.25, 0.3) is 5.91 Å². The van der Waals surface area contributed by atoms with Crippen molar-refractivity contribution in [1.29, 1.82) is 0 Å². The van der Waals surface area contributed by atoms with E-state index in [0.29, 0.717) is 28.8 Å². The lowest BCUT2D eigenvalue weighted by Crippen LogP contribution is -2.43. The number of carbonyl (C=O) groups excluding carboxylic acids is 1. The van der Waals surface area contributed by atoms with Crippen LogP contribution < -0.4 is 25.6 Å². The van der Waals surface area contributed by atoms with Crippen LogP contribution in [0.15, 0.2) is 42.5 Å². The highest BCUT2D eigenvalue weighted by Gasteiger charge is 2.11. The van der Waals surface area contributed by atoms with Gasteiger partial charge in [-0.05, 0) is 61.0 Å². The highest BCUT2D eigenvalue weighted by atomic mass is 32.1. The number of rotatable bonds is 8. The number of hydrazine groups is 1. The first-order valence-electron chi connectivity index (χ1n) is 9.34. The number of methoxy groups -OCH3 is 1. The van der Waals surface area contributed by atoms with Crippen molar-refractivity contribution in [2.45, 2.75) is 33.1 Å². The first-order chi connectivity index (χ1) is 13.6. The zero-order valence-corrected chi connectivity index (χ0v) is 17.3. The summed E-state index contributed by atoms with van der Waals surface area (Å²) >= 11 is 5.21. The lowest BCUT2D eigenvalue weighted by molar-refractivity contribution is 0.0943. The molecule has 0 radical (unpaired) electrons. The fourth-order valence-electron chi connectivity index (χ4n) is 2.43. The Morgan fingerprint density at radius 3 is 2.43 bits per heavy atom. The standard InChI is InChI=1S/C21H27N3O3S/c1-4-6-13-27-18-12-9-16(14-19(18)26-3)20(25)23-24-21(28)22-17-10-7-15(5-2)8-11-17/h7-12,14H,4-6,13H2,1-3H3,(H,23,25)(H2,22,24,28). The molecular weight excluding hydrogens is 374 g/mol. The Morgan fingerprint density at radius 2 is 1.79 bits per heavy atom. The molecule has 1 amide bonds. The summed E-state index contributed by atoms with van der Waals surface area (Å²) < 4.78 is 11.0. The third-order valence-corrected chi connectivity index (χ3v) is 4.30. The van der Waals surface area contributed by atoms with Crippen molar-refractivity contribution in [2.75, 3.05) is 19.0 Å². The Balaban J connectivity index is 1.89. The van der Waals surface area contributed by atoms with Gasteiger partial charge in [0.05, 0.1) is 13.7 Å². The summed E-state index contributed by atoms with van der Waals surface area (Å²) in [4.78, 5) is 12.4. The van der Waals surface area contributed by atoms with Crippen LogP contribution >= 0.6 is 12.2 Å². The number of carbonyl (C=O) groups is 1. The molecule has 0 bridgehead atoms. The number of hydrogen-bond donors (Lipinski definition) is 3. The van der Waals surface area contributed by atoms with Crippen molar-refractivity contribution >= 4 is 28.9 Å². The van der Waals surface area contributed by atoms with Crippen LogP contribution in [0.1, 0.15) is 42.6 Å². The average molecular weight is 402 g/mol. The summed E-state index contributed by atoms with van der Waals surface area (Å²) in [5.41, 5.74) is 7.80. The van der Waals surface area contributed by atoms with E-state index in [2.05, 4.69) is 30.0 Å². The fraction of sp³-hybridized carbons (Fsp3) is 0.333. The normalized spacial score (nSPS) is 10.1. The van der Waals surface area contributed by atoms with Crippen molar-refractivity contribution in [3.05, 3.63) is 53.6 Å². The molecule has 0 unspecified atom stereocenters. The van der Waals surface area contributed by atoms with E-state index in [-0.39, 0.29) is 5.91 Å². The zero-order valence-electron chi connectivity index (χ0n) is 16.5. The van der Waals surface area contributed by atoms with Crippen LogP contribution in [0.5, 0.6) is 11.5 Å². The summed E-state index contributed by atoms with van der Waals surface area (Å²) in [7, 11) is 1.55. The molecule has 0 spiro atoms. The largest absolute Gasteiger partial charge is 0.493 e. The van der Waals surface area contributed by atoms with E-state index in [9.17, 15) is 4.79 Å². The first-order valence-corrected chi connectivity index (χ1v) is 9.75. The number of ether oxygens (including phenoxy) is 2. The molecule has 6 nitrogen and oxygen atoms in total. The number of amides is 1. The molecule has 2 aromatic rings. The number of anilines is 1. The van der Waals surface area contributed by atoms with Gasteiger partial charge in [0.15, 0.2) is 16.6 Å². The Hall–Kier alpha value is -2.80. The fourth-order valence-corrected chi connectivity index (χ4v) is 2.60. The van der Waals surface area contributed by atoms with Crippen molar-refractivity contribution in [3.8, 4) is 11.5 Å². The lowest BCUT2D eigenvalue weighted by atomic mass is 10.1. The molecule has 150 valence electrons. The highest BCUT2D eigenvalue weighted by molar-refractivity contribution is 7.80. The van der Waals surface area contributed by atoms with Gasteiger partial charge in [-0.3, -0.25) is 15.6 Å². The summed E-state index contributed by atoms with van der Waals surface area (Å²) in [6, 6.07) is 13.0. The van der Waals surface area contributed by atoms with Crippen molar-refractivity contribution in [3.63, 3.8) is 0 Å². The van der Waals surface area contributed by atoms with E-state index in [1.165, 1.54) is 5.56 Å². The number of hydrogen-bond acceptors (Lipinski definition) is 4. The van der Waals surface area contributed by atoms with Gasteiger partial charge in [0, 0.05) is 11.3 Å². The molecule has 0 aliphatic carbocycles. The third kappa shape index (κ3) is 6.42. The second-order valence-corrected chi connectivity index (χ2v) is 6.56. The molecule has 0 saturated carbocycles. The van der Waals surface area contributed by atoms with Gasteiger partial charge in [0.2, 0.25) is 0 Å². The van der Waals surface area contributed by atoms with Gasteiger partial charge in [-0.1, -0.05) is 32.4 Å². The lowest BCUT2D eigenvalue weighted by Gasteiger charge is -2.14. The Bertz CT molecular complexity index is 794. The summed E-state index contributed by atoms with van der Waals surface area (Å²) in [6.07, 6.45) is 2.98. The number of unbranched alkanes of at least 4 members (excludes halogenated alkanes) is 1. The third-order valence-electron chi connectivity index (χ3n) is 4.09. The Kier molecular flexibility index (Phi) is 8.55. The predicted molar refractivity (Wildman–Crippen MR) is 116 cm³/mol. The Morgan fingerprint density at radius 1 is 1.04 bits per heavy atom. The van der Waals surface area contributed by atoms with Crippen LogP contribution in [0.3, 0.4) is 0 Å². The van der Waals surface area contributed by atoms with Gasteiger partial charge in [-0.2, -0.15) is 0 Å². The number of thiocarbonyl (C=S) groups is 1. The van der Waals surface area contributed by atoms with E-state index in [1.54, 1.807) is 25.3 Å². The molecule has 0 fully saturated rings. The number of nitrogens with one attached hydrogen (secondary N) is 3. The molecule has 0 aliphatic rings. The smallest absolute Gasteiger partial charge is 0.269 e. The maximum Gasteiger partial charge on any atom is 0.269 e. The Labute approximate surface area is 171 Å². The predicted octanol–water partition coefficient (Wildman–Crippen LogP) is 4.07. The minimum atomic E-state index is -0.330. The van der Waals surface area contributed by atoms with Crippen LogP contribution in [-0.2, 0) is 6.42 Å². The minimum Gasteiger partial charge on any atom is -0.493 e. The molecule has 0 heterocycles. The highest BCUT2D eigenvalue weighted by Crippen LogP contribution is 2.28. The maximum atomic E-state index is 12.4. The van der Waals surface area contributed by atoms with Crippen LogP contribution in [0.4, 0.5) is 5.69 Å². The second-order valence-electron chi connectivity index (χ2n) is 6.15. The average Bonchev–Trinajstić information content (AvgIpc) is 2.73. The minimum absolute atomic E-state index is 0.295. The van der Waals surface area contributed by atoms with E-state index in [1.807, 2.05) is 24.3 Å². The van der Waals surface area contributed by atoms with Crippen LogP contribution in [0, 0.1) is 0 Å². The van der Waals surface area contributed by atoms with Gasteiger partial charge in [-0.15, -0.1) is 0 Å². The molecule has 0 aromatic heterocycles. The van der Waals surface area contributed by atoms with Crippen LogP contribution in [0.25, 0.3) is 0 Å². The first kappa shape index (κ1) is 21.5. The maximum absolute atomic E-state index is 12.4. The summed E-state index contributed by atoms with van der Waals surface area (Å²) in [6.45, 7) is 4.81. The molecule has 7 heteroatoms. The monoisotopic (exact) mass is 401 g/mol. The number of benzene rings is 2. The molecule has 0 aliphatic heterocycles. The van der Waals surface area contributed by atoms with Crippen LogP contribution in [0.2, 0.25) is 0 Å². The van der Waals surface area contributed by atoms with E-state index in [4.69, 9.17) is 21.7 Å². The molecule has 2 aromatic carbocycles. The van der Waals surface area contributed by atoms with E-state index >= 15 is 0 Å². The molecular formula is C21H27N3O3S. The molecule has 28 heavy (non-hydrogen) atoms. The quantitative estimate of drug-likeness (QED) is 0.352. The summed E-state index contributed by atoms with van der Waals surface area (Å²) in [5, 5.41) is 3.32. The van der Waals surface area contributed by atoms with Gasteiger partial charge >= 0.3 is 0 Å². The zero-order chi connectivity index (χ0) is 20.4. The molecule has 3 N–H and O–H groups in total. The second kappa shape index (κ2) is 11.1. The topological polar surface area (TPSA) is 71.6 Å². The van der Waals surface area contributed by atoms with Crippen molar-refractivity contribution < 1.29 is 14.3 Å². The molecule has 2 rings (SSSR count). The van der Waals surface area contributed by atoms with E-state index < -0.39 is 0 Å². The van der Waals surface area contributed by atoms with Gasteiger partial charge in [0.1, 0.15) is 0 Å².